The number of rotatable bonds is 7. The van der Waals surface area contributed by atoms with Gasteiger partial charge in [0.25, 0.3) is 0 Å². The Hall–Kier alpha value is -1.42. The van der Waals surface area contributed by atoms with Crippen molar-refractivity contribution < 1.29 is 19.1 Å². The lowest BCUT2D eigenvalue weighted by molar-refractivity contribution is -0.130. The first-order valence-electron chi connectivity index (χ1n) is 11.4. The monoisotopic (exact) mass is 425 g/mol. The maximum atomic E-state index is 12.4. The van der Waals surface area contributed by atoms with Crippen LogP contribution in [0.1, 0.15) is 26.7 Å². The second kappa shape index (κ2) is 11.3. The number of hydrogen-bond donors (Lipinski definition) is 1. The zero-order valence-corrected chi connectivity index (χ0v) is 18.7. The molecule has 0 bridgehead atoms. The number of amides is 3. The number of nitrogens with zero attached hydrogens (tertiary/aromatic N) is 4. The molecule has 0 aliphatic carbocycles. The summed E-state index contributed by atoms with van der Waals surface area (Å²) in [6, 6.07) is 0.0167. The molecule has 172 valence electrons. The zero-order valence-electron chi connectivity index (χ0n) is 18.7. The van der Waals surface area contributed by atoms with Gasteiger partial charge in [0.1, 0.15) is 0 Å². The van der Waals surface area contributed by atoms with Gasteiger partial charge < -0.3 is 24.6 Å². The number of ether oxygens (including phenoxy) is 2. The molecule has 0 aromatic rings. The van der Waals surface area contributed by atoms with Crippen LogP contribution in [-0.2, 0) is 14.3 Å². The molecule has 0 aromatic heterocycles. The minimum Gasteiger partial charge on any atom is -0.379 e. The summed E-state index contributed by atoms with van der Waals surface area (Å²) in [5.74, 6) is 0.154. The van der Waals surface area contributed by atoms with E-state index >= 15 is 0 Å². The molecule has 3 fully saturated rings. The van der Waals surface area contributed by atoms with E-state index in [-0.39, 0.29) is 17.5 Å². The molecule has 3 rings (SSSR count). The molecule has 3 saturated heterocycles. The van der Waals surface area contributed by atoms with Gasteiger partial charge in [-0.3, -0.25) is 14.6 Å². The Morgan fingerprint density at radius 1 is 0.933 bits per heavy atom. The Morgan fingerprint density at radius 3 is 2.23 bits per heavy atom. The van der Waals surface area contributed by atoms with E-state index in [0.717, 1.165) is 85.0 Å². The van der Waals surface area contributed by atoms with Gasteiger partial charge in [0.05, 0.1) is 26.4 Å². The van der Waals surface area contributed by atoms with Gasteiger partial charge in [-0.05, 0) is 19.8 Å². The largest absolute Gasteiger partial charge is 0.379 e. The molecular weight excluding hydrogens is 386 g/mol. The van der Waals surface area contributed by atoms with Gasteiger partial charge in [0.15, 0.2) is 0 Å². The predicted molar refractivity (Wildman–Crippen MR) is 115 cm³/mol. The quantitative estimate of drug-likeness (QED) is 0.582. The van der Waals surface area contributed by atoms with Crippen LogP contribution in [0.2, 0.25) is 0 Å². The molecule has 0 aromatic carbocycles. The number of carbonyl (C=O) groups is 2. The van der Waals surface area contributed by atoms with Gasteiger partial charge in [-0.25, -0.2) is 4.79 Å². The number of morpholine rings is 1. The first-order valence-corrected chi connectivity index (χ1v) is 11.4. The average molecular weight is 426 g/mol. The summed E-state index contributed by atoms with van der Waals surface area (Å²) in [7, 11) is 0. The van der Waals surface area contributed by atoms with E-state index in [9.17, 15) is 9.59 Å². The van der Waals surface area contributed by atoms with Crippen molar-refractivity contribution in [1.82, 2.24) is 24.9 Å². The van der Waals surface area contributed by atoms with Crippen LogP contribution in [0.25, 0.3) is 0 Å². The molecule has 0 saturated carbocycles. The molecule has 0 unspecified atom stereocenters. The smallest absolute Gasteiger partial charge is 0.317 e. The molecule has 30 heavy (non-hydrogen) atoms. The highest BCUT2D eigenvalue weighted by Crippen LogP contribution is 2.29. The van der Waals surface area contributed by atoms with Crippen molar-refractivity contribution in [2.45, 2.75) is 32.2 Å². The fourth-order valence-corrected chi connectivity index (χ4v) is 4.53. The van der Waals surface area contributed by atoms with Crippen LogP contribution in [-0.4, -0.2) is 129 Å². The van der Waals surface area contributed by atoms with Crippen LogP contribution in [0, 0.1) is 0 Å². The SMILES string of the molecule is CC(=O)N1CCN(CCOCCNC(=O)N2CCC(C)(N3CCOCC3)CC2)CC1. The van der Waals surface area contributed by atoms with E-state index < -0.39 is 0 Å². The average Bonchev–Trinajstić information content (AvgIpc) is 2.77. The lowest BCUT2D eigenvalue weighted by Gasteiger charge is -2.48. The van der Waals surface area contributed by atoms with Crippen LogP contribution in [0.3, 0.4) is 0 Å². The number of urea groups is 1. The first-order chi connectivity index (χ1) is 14.5. The van der Waals surface area contributed by atoms with Crippen LogP contribution >= 0.6 is 0 Å². The Balaban J connectivity index is 1.22. The molecule has 3 amide bonds. The van der Waals surface area contributed by atoms with Crippen LogP contribution in [0.5, 0.6) is 0 Å². The van der Waals surface area contributed by atoms with Crippen molar-refractivity contribution in [1.29, 1.82) is 0 Å². The summed E-state index contributed by atoms with van der Waals surface area (Å²) >= 11 is 0. The molecule has 9 nitrogen and oxygen atoms in total. The summed E-state index contributed by atoms with van der Waals surface area (Å²) in [5, 5.41) is 2.99. The maximum absolute atomic E-state index is 12.4. The second-order valence-electron chi connectivity index (χ2n) is 8.78. The van der Waals surface area contributed by atoms with Gasteiger partial charge in [-0.1, -0.05) is 0 Å². The summed E-state index contributed by atoms with van der Waals surface area (Å²) in [4.78, 5) is 32.4. The van der Waals surface area contributed by atoms with Gasteiger partial charge in [0, 0.05) is 77.9 Å². The highest BCUT2D eigenvalue weighted by atomic mass is 16.5. The fraction of sp³-hybridized carbons (Fsp3) is 0.905. The summed E-state index contributed by atoms with van der Waals surface area (Å²) in [6.07, 6.45) is 2.02. The minimum atomic E-state index is 0.0167. The highest BCUT2D eigenvalue weighted by Gasteiger charge is 2.37. The fourth-order valence-electron chi connectivity index (χ4n) is 4.53. The van der Waals surface area contributed by atoms with Gasteiger partial charge in [-0.2, -0.15) is 0 Å². The van der Waals surface area contributed by atoms with Crippen molar-refractivity contribution in [3.63, 3.8) is 0 Å². The number of nitrogens with one attached hydrogen (secondary N) is 1. The molecule has 1 N–H and O–H groups in total. The van der Waals surface area contributed by atoms with E-state index in [1.807, 2.05) is 9.80 Å². The molecule has 9 heteroatoms. The lowest BCUT2D eigenvalue weighted by atomic mass is 9.87. The number of piperidine rings is 1. The normalized spacial score (nSPS) is 23.4. The highest BCUT2D eigenvalue weighted by molar-refractivity contribution is 5.74. The van der Waals surface area contributed by atoms with E-state index in [1.54, 1.807) is 6.92 Å². The number of piperazine rings is 1. The molecule has 0 spiro atoms. The summed E-state index contributed by atoms with van der Waals surface area (Å²) in [5.41, 5.74) is 0.180. The maximum Gasteiger partial charge on any atom is 0.317 e. The van der Waals surface area contributed by atoms with Gasteiger partial charge in [-0.15, -0.1) is 0 Å². The lowest BCUT2D eigenvalue weighted by Crippen LogP contribution is -2.58. The number of likely N-dealkylation sites (tertiary alicyclic amines) is 1. The third kappa shape index (κ3) is 6.54. The van der Waals surface area contributed by atoms with Gasteiger partial charge in [0.2, 0.25) is 5.91 Å². The topological polar surface area (TPSA) is 77.6 Å². The Morgan fingerprint density at radius 2 is 1.60 bits per heavy atom. The van der Waals surface area contributed by atoms with Crippen molar-refractivity contribution in [3.05, 3.63) is 0 Å². The van der Waals surface area contributed by atoms with E-state index in [2.05, 4.69) is 22.0 Å². The Labute approximate surface area is 180 Å². The number of hydrogen-bond acceptors (Lipinski definition) is 6. The van der Waals surface area contributed by atoms with E-state index in [4.69, 9.17) is 9.47 Å². The van der Waals surface area contributed by atoms with E-state index in [0.29, 0.717) is 19.8 Å². The predicted octanol–water partition coefficient (Wildman–Crippen LogP) is 0.0634. The zero-order chi connectivity index (χ0) is 21.4. The molecular formula is C21H39N5O4. The molecule has 0 radical (unpaired) electrons. The van der Waals surface area contributed by atoms with Crippen LogP contribution in [0.4, 0.5) is 4.79 Å². The number of carbonyl (C=O) groups excluding carboxylic acids is 2. The van der Waals surface area contributed by atoms with Crippen molar-refractivity contribution >= 4 is 11.9 Å². The van der Waals surface area contributed by atoms with Crippen LogP contribution in [0.15, 0.2) is 0 Å². The second-order valence-corrected chi connectivity index (χ2v) is 8.78. The summed E-state index contributed by atoms with van der Waals surface area (Å²) < 4.78 is 11.2. The van der Waals surface area contributed by atoms with Crippen LogP contribution < -0.4 is 5.32 Å². The standard InChI is InChI=1S/C21H39N5O4/c1-19(27)24-10-8-23(9-11-24)12-16-29-15-5-22-20(28)25-6-3-21(2,4-7-25)26-13-17-30-18-14-26/h3-18H2,1-2H3,(H,22,28). The first kappa shape index (κ1) is 23.2. The third-order valence-corrected chi connectivity index (χ3v) is 6.79. The van der Waals surface area contributed by atoms with Crippen molar-refractivity contribution in [2.75, 3.05) is 91.9 Å². The molecule has 3 heterocycles. The Bertz CT molecular complexity index is 554. The summed E-state index contributed by atoms with van der Waals surface area (Å²) in [6.45, 7) is 15.1. The minimum absolute atomic E-state index is 0.0167. The molecule has 3 aliphatic rings. The Kier molecular flexibility index (Phi) is 8.73. The molecule has 3 aliphatic heterocycles. The molecule has 0 atom stereocenters. The van der Waals surface area contributed by atoms with E-state index in [1.165, 1.54) is 0 Å². The van der Waals surface area contributed by atoms with Crippen molar-refractivity contribution in [2.24, 2.45) is 0 Å². The third-order valence-electron chi connectivity index (χ3n) is 6.79. The van der Waals surface area contributed by atoms with Gasteiger partial charge >= 0.3 is 6.03 Å². The van der Waals surface area contributed by atoms with Crippen molar-refractivity contribution in [3.8, 4) is 0 Å².